The number of ether oxygens (including phenoxy) is 3. The summed E-state index contributed by atoms with van der Waals surface area (Å²) in [6.45, 7) is 2.81. The van der Waals surface area contributed by atoms with E-state index in [4.69, 9.17) is 14.2 Å². The summed E-state index contributed by atoms with van der Waals surface area (Å²) in [6, 6.07) is 13.1. The number of carbonyl (C=O) groups excluding carboxylic acids is 1. The molecule has 2 rings (SSSR count). The molecule has 0 bridgehead atoms. The fourth-order valence-corrected chi connectivity index (χ4v) is 2.35. The summed E-state index contributed by atoms with van der Waals surface area (Å²) in [5.74, 6) is 2.25. The van der Waals surface area contributed by atoms with E-state index in [1.54, 1.807) is 14.2 Å². The van der Waals surface area contributed by atoms with Gasteiger partial charge in [0.25, 0.3) is 0 Å². The summed E-state index contributed by atoms with van der Waals surface area (Å²) in [7, 11) is 3.25. The molecule has 5 heteroatoms. The second-order valence-electron chi connectivity index (χ2n) is 5.36. The standard InChI is InChI=1S/C19H23NO4/c1-14-11-15(7-8-18(14)23-3)12-19(21)20-9-10-24-17-6-4-5-16(13-17)22-2/h4-8,11,13H,9-10,12H2,1-3H3,(H,20,21). The molecule has 0 unspecified atom stereocenters. The van der Waals surface area contributed by atoms with E-state index in [-0.39, 0.29) is 5.91 Å². The van der Waals surface area contributed by atoms with Crippen molar-refractivity contribution >= 4 is 5.91 Å². The van der Waals surface area contributed by atoms with Gasteiger partial charge in [0.2, 0.25) is 5.91 Å². The number of hydrogen-bond acceptors (Lipinski definition) is 4. The number of hydrogen-bond donors (Lipinski definition) is 1. The number of amides is 1. The Kier molecular flexibility index (Phi) is 6.49. The van der Waals surface area contributed by atoms with Crippen LogP contribution < -0.4 is 19.5 Å². The molecule has 0 fully saturated rings. The normalized spacial score (nSPS) is 10.1. The minimum Gasteiger partial charge on any atom is -0.497 e. The molecule has 0 saturated carbocycles. The van der Waals surface area contributed by atoms with Crippen molar-refractivity contribution in [3.63, 3.8) is 0 Å². The first-order valence-electron chi connectivity index (χ1n) is 7.79. The van der Waals surface area contributed by atoms with Gasteiger partial charge in [0.15, 0.2) is 0 Å². The number of methoxy groups -OCH3 is 2. The van der Waals surface area contributed by atoms with Crippen molar-refractivity contribution in [3.8, 4) is 17.2 Å². The zero-order valence-corrected chi connectivity index (χ0v) is 14.3. The first kappa shape index (κ1) is 17.7. The van der Waals surface area contributed by atoms with Crippen molar-refractivity contribution < 1.29 is 19.0 Å². The largest absolute Gasteiger partial charge is 0.497 e. The number of aryl methyl sites for hydroxylation is 1. The van der Waals surface area contributed by atoms with Crippen molar-refractivity contribution in [2.45, 2.75) is 13.3 Å². The Bertz CT molecular complexity index is 685. The summed E-state index contributed by atoms with van der Waals surface area (Å²) in [5, 5.41) is 2.85. The molecule has 0 heterocycles. The molecule has 2 aromatic rings. The van der Waals surface area contributed by atoms with Gasteiger partial charge in [-0.05, 0) is 36.2 Å². The average Bonchev–Trinajstić information content (AvgIpc) is 2.59. The predicted molar refractivity (Wildman–Crippen MR) is 92.9 cm³/mol. The van der Waals surface area contributed by atoms with Crippen LogP contribution in [-0.4, -0.2) is 33.3 Å². The fourth-order valence-electron chi connectivity index (χ4n) is 2.35. The summed E-state index contributed by atoms with van der Waals surface area (Å²) >= 11 is 0. The monoisotopic (exact) mass is 329 g/mol. The third-order valence-corrected chi connectivity index (χ3v) is 3.56. The molecule has 0 aliphatic rings. The highest BCUT2D eigenvalue weighted by Crippen LogP contribution is 2.19. The number of benzene rings is 2. The molecule has 1 N–H and O–H groups in total. The Labute approximate surface area is 142 Å². The van der Waals surface area contributed by atoms with Crippen molar-refractivity contribution in [2.75, 3.05) is 27.4 Å². The molecular formula is C19H23NO4. The molecule has 128 valence electrons. The second-order valence-corrected chi connectivity index (χ2v) is 5.36. The van der Waals surface area contributed by atoms with Gasteiger partial charge >= 0.3 is 0 Å². The molecule has 24 heavy (non-hydrogen) atoms. The summed E-state index contributed by atoms with van der Waals surface area (Å²) in [5.41, 5.74) is 1.98. The maximum absolute atomic E-state index is 12.0. The maximum atomic E-state index is 12.0. The number of carbonyl (C=O) groups is 1. The van der Waals surface area contributed by atoms with E-state index in [0.717, 1.165) is 28.4 Å². The van der Waals surface area contributed by atoms with Crippen LogP contribution in [0.5, 0.6) is 17.2 Å². The first-order chi connectivity index (χ1) is 11.6. The van der Waals surface area contributed by atoms with Gasteiger partial charge in [-0.1, -0.05) is 18.2 Å². The number of rotatable bonds is 8. The lowest BCUT2D eigenvalue weighted by molar-refractivity contribution is -0.120. The lowest BCUT2D eigenvalue weighted by Gasteiger charge is -2.10. The topological polar surface area (TPSA) is 56.8 Å². The van der Waals surface area contributed by atoms with Gasteiger partial charge in [-0.25, -0.2) is 0 Å². The fraction of sp³-hybridized carbons (Fsp3) is 0.316. The number of nitrogens with one attached hydrogen (secondary N) is 1. The van der Waals surface area contributed by atoms with Crippen LogP contribution in [0, 0.1) is 6.92 Å². The van der Waals surface area contributed by atoms with Gasteiger partial charge in [0, 0.05) is 6.07 Å². The van der Waals surface area contributed by atoms with E-state index in [9.17, 15) is 4.79 Å². The third-order valence-electron chi connectivity index (χ3n) is 3.56. The molecule has 0 saturated heterocycles. The van der Waals surface area contributed by atoms with Crippen LogP contribution in [0.15, 0.2) is 42.5 Å². The Morgan fingerprint density at radius 2 is 1.83 bits per heavy atom. The quantitative estimate of drug-likeness (QED) is 0.757. The van der Waals surface area contributed by atoms with Crippen LogP contribution in [0.25, 0.3) is 0 Å². The Morgan fingerprint density at radius 3 is 2.54 bits per heavy atom. The van der Waals surface area contributed by atoms with Gasteiger partial charge in [-0.3, -0.25) is 4.79 Å². The summed E-state index contributed by atoms with van der Waals surface area (Å²) in [4.78, 5) is 12.0. The van der Waals surface area contributed by atoms with E-state index in [1.807, 2.05) is 49.4 Å². The molecule has 0 atom stereocenters. The Balaban J connectivity index is 1.74. The predicted octanol–water partition coefficient (Wildman–Crippen LogP) is 2.75. The molecule has 5 nitrogen and oxygen atoms in total. The molecule has 0 aliphatic carbocycles. The van der Waals surface area contributed by atoms with Crippen LogP contribution >= 0.6 is 0 Å². The minimum absolute atomic E-state index is 0.0335. The molecule has 0 spiro atoms. The molecule has 0 aromatic heterocycles. The SMILES string of the molecule is COc1cccc(OCCNC(=O)Cc2ccc(OC)c(C)c2)c1. The van der Waals surface area contributed by atoms with Gasteiger partial charge < -0.3 is 19.5 Å². The molecule has 1 amide bonds. The van der Waals surface area contributed by atoms with Gasteiger partial charge in [0.1, 0.15) is 23.9 Å². The molecule has 2 aromatic carbocycles. The third kappa shape index (κ3) is 5.19. The van der Waals surface area contributed by atoms with Gasteiger partial charge in [-0.15, -0.1) is 0 Å². The minimum atomic E-state index is -0.0335. The molecular weight excluding hydrogens is 306 g/mol. The van der Waals surface area contributed by atoms with Gasteiger partial charge in [-0.2, -0.15) is 0 Å². The van der Waals surface area contributed by atoms with E-state index in [2.05, 4.69) is 5.32 Å². The summed E-state index contributed by atoms with van der Waals surface area (Å²) < 4.78 is 15.9. The maximum Gasteiger partial charge on any atom is 0.224 e. The average molecular weight is 329 g/mol. The summed E-state index contributed by atoms with van der Waals surface area (Å²) in [6.07, 6.45) is 0.337. The lowest BCUT2D eigenvalue weighted by atomic mass is 10.1. The van der Waals surface area contributed by atoms with E-state index in [0.29, 0.717) is 19.6 Å². The zero-order chi connectivity index (χ0) is 17.4. The van der Waals surface area contributed by atoms with Crippen LogP contribution in [0.2, 0.25) is 0 Å². The van der Waals surface area contributed by atoms with E-state index < -0.39 is 0 Å². The van der Waals surface area contributed by atoms with Crippen LogP contribution in [0.3, 0.4) is 0 Å². The highest BCUT2D eigenvalue weighted by molar-refractivity contribution is 5.78. The molecule has 0 radical (unpaired) electrons. The van der Waals surface area contributed by atoms with Crippen molar-refractivity contribution in [3.05, 3.63) is 53.6 Å². The van der Waals surface area contributed by atoms with E-state index in [1.165, 1.54) is 0 Å². The molecule has 0 aliphatic heterocycles. The lowest BCUT2D eigenvalue weighted by Crippen LogP contribution is -2.29. The zero-order valence-electron chi connectivity index (χ0n) is 14.3. The smallest absolute Gasteiger partial charge is 0.224 e. The van der Waals surface area contributed by atoms with Crippen molar-refractivity contribution in [1.82, 2.24) is 5.32 Å². The van der Waals surface area contributed by atoms with Crippen LogP contribution in [0.4, 0.5) is 0 Å². The van der Waals surface area contributed by atoms with Gasteiger partial charge in [0.05, 0.1) is 27.2 Å². The Morgan fingerprint density at radius 1 is 1.04 bits per heavy atom. The van der Waals surface area contributed by atoms with Crippen molar-refractivity contribution in [2.24, 2.45) is 0 Å². The highest BCUT2D eigenvalue weighted by Gasteiger charge is 2.06. The van der Waals surface area contributed by atoms with E-state index >= 15 is 0 Å². The first-order valence-corrected chi connectivity index (χ1v) is 7.79. The van der Waals surface area contributed by atoms with Crippen LogP contribution in [0.1, 0.15) is 11.1 Å². The second kappa shape index (κ2) is 8.82. The van der Waals surface area contributed by atoms with Crippen LogP contribution in [-0.2, 0) is 11.2 Å². The van der Waals surface area contributed by atoms with Crippen molar-refractivity contribution in [1.29, 1.82) is 0 Å². The highest BCUT2D eigenvalue weighted by atomic mass is 16.5. The Hall–Kier alpha value is -2.69.